The van der Waals surface area contributed by atoms with Crippen LogP contribution in [0.2, 0.25) is 10.0 Å². The van der Waals surface area contributed by atoms with E-state index in [1.165, 1.54) is 23.1 Å². The SMILES string of the molecule is CC[C@H](C(=O)NCC(C)C)N(Cc1ccccc1Cl)C(=O)CN(c1ccc(C)c(Cl)c1)S(=O)(=O)c1ccccc1. The van der Waals surface area contributed by atoms with Crippen LogP contribution < -0.4 is 9.62 Å². The normalized spacial score (nSPS) is 12.2. The second-order valence-corrected chi connectivity index (χ2v) is 12.6. The zero-order chi connectivity index (χ0) is 29.4. The van der Waals surface area contributed by atoms with Crippen molar-refractivity contribution in [2.75, 3.05) is 17.4 Å². The highest BCUT2D eigenvalue weighted by Crippen LogP contribution is 2.29. The van der Waals surface area contributed by atoms with Crippen molar-refractivity contribution in [1.82, 2.24) is 10.2 Å². The molecule has 0 aromatic heterocycles. The summed E-state index contributed by atoms with van der Waals surface area (Å²) in [6.45, 7) is 7.50. The van der Waals surface area contributed by atoms with Gasteiger partial charge in [0.15, 0.2) is 0 Å². The number of hydrogen-bond donors (Lipinski definition) is 1. The number of carbonyl (C=O) groups is 2. The molecule has 10 heteroatoms. The third kappa shape index (κ3) is 7.77. The Morgan fingerprint density at radius 3 is 2.17 bits per heavy atom. The topological polar surface area (TPSA) is 86.8 Å². The first-order valence-electron chi connectivity index (χ1n) is 13.1. The number of rotatable bonds is 12. The van der Waals surface area contributed by atoms with Crippen molar-refractivity contribution in [3.05, 3.63) is 94.0 Å². The highest BCUT2D eigenvalue weighted by Gasteiger charge is 2.34. The number of nitrogens with zero attached hydrogens (tertiary/aromatic N) is 2. The van der Waals surface area contributed by atoms with Crippen molar-refractivity contribution >= 4 is 50.7 Å². The molecular formula is C30H35Cl2N3O4S. The molecule has 1 atom stereocenters. The van der Waals surface area contributed by atoms with Gasteiger partial charge in [0.25, 0.3) is 10.0 Å². The van der Waals surface area contributed by atoms with E-state index in [9.17, 15) is 18.0 Å². The van der Waals surface area contributed by atoms with Crippen LogP contribution in [0.25, 0.3) is 0 Å². The molecule has 0 bridgehead atoms. The molecule has 3 aromatic rings. The number of carbonyl (C=O) groups excluding carboxylic acids is 2. The van der Waals surface area contributed by atoms with Crippen LogP contribution in [0.5, 0.6) is 0 Å². The maximum Gasteiger partial charge on any atom is 0.264 e. The van der Waals surface area contributed by atoms with Gasteiger partial charge in [0.05, 0.1) is 10.6 Å². The van der Waals surface area contributed by atoms with E-state index in [-0.39, 0.29) is 29.0 Å². The fourth-order valence-electron chi connectivity index (χ4n) is 4.14. The summed E-state index contributed by atoms with van der Waals surface area (Å²) in [6.07, 6.45) is 0.321. The Morgan fingerprint density at radius 1 is 0.925 bits per heavy atom. The van der Waals surface area contributed by atoms with Crippen molar-refractivity contribution in [1.29, 1.82) is 0 Å². The molecule has 0 heterocycles. The van der Waals surface area contributed by atoms with Crippen molar-refractivity contribution in [2.45, 2.75) is 51.6 Å². The zero-order valence-corrected chi connectivity index (χ0v) is 25.4. The summed E-state index contributed by atoms with van der Waals surface area (Å²) in [5.41, 5.74) is 1.65. The maximum absolute atomic E-state index is 14.1. The van der Waals surface area contributed by atoms with Crippen LogP contribution in [-0.4, -0.2) is 44.3 Å². The summed E-state index contributed by atoms with van der Waals surface area (Å²) in [7, 11) is -4.17. The lowest BCUT2D eigenvalue weighted by molar-refractivity contribution is -0.140. The van der Waals surface area contributed by atoms with Gasteiger partial charge in [0, 0.05) is 23.1 Å². The van der Waals surface area contributed by atoms with Gasteiger partial charge in [0.1, 0.15) is 12.6 Å². The van der Waals surface area contributed by atoms with Crippen molar-refractivity contribution < 1.29 is 18.0 Å². The molecule has 0 aliphatic rings. The molecule has 0 saturated heterocycles. The molecular weight excluding hydrogens is 569 g/mol. The highest BCUT2D eigenvalue weighted by atomic mass is 35.5. The Labute approximate surface area is 247 Å². The lowest BCUT2D eigenvalue weighted by Crippen LogP contribution is -2.52. The summed E-state index contributed by atoms with van der Waals surface area (Å²) >= 11 is 12.8. The largest absolute Gasteiger partial charge is 0.354 e. The molecule has 7 nitrogen and oxygen atoms in total. The molecule has 0 radical (unpaired) electrons. The molecule has 0 aliphatic carbocycles. The van der Waals surface area contributed by atoms with Crippen molar-refractivity contribution in [3.8, 4) is 0 Å². The number of amides is 2. The quantitative estimate of drug-likeness (QED) is 0.272. The molecule has 3 rings (SSSR count). The predicted molar refractivity (Wildman–Crippen MR) is 161 cm³/mol. The first-order valence-corrected chi connectivity index (χ1v) is 15.3. The van der Waals surface area contributed by atoms with Gasteiger partial charge in [-0.1, -0.05) is 86.4 Å². The van der Waals surface area contributed by atoms with E-state index in [0.29, 0.717) is 28.6 Å². The Balaban J connectivity index is 2.07. The average molecular weight is 605 g/mol. The summed E-state index contributed by atoms with van der Waals surface area (Å²) in [5, 5.41) is 3.72. The summed E-state index contributed by atoms with van der Waals surface area (Å²) in [6, 6.07) is 18.9. The fraction of sp³-hybridized carbons (Fsp3) is 0.333. The van der Waals surface area contributed by atoms with E-state index in [0.717, 1.165) is 9.87 Å². The van der Waals surface area contributed by atoms with E-state index < -0.39 is 28.5 Å². The van der Waals surface area contributed by atoms with E-state index in [2.05, 4.69) is 5.32 Å². The molecule has 0 fully saturated rings. The van der Waals surface area contributed by atoms with Crippen LogP contribution in [0, 0.1) is 12.8 Å². The minimum Gasteiger partial charge on any atom is -0.354 e. The van der Waals surface area contributed by atoms with Crippen LogP contribution >= 0.6 is 23.2 Å². The number of hydrogen-bond acceptors (Lipinski definition) is 4. The number of benzene rings is 3. The minimum absolute atomic E-state index is 0.0267. The molecule has 0 aliphatic heterocycles. The Morgan fingerprint density at radius 2 is 1.57 bits per heavy atom. The number of anilines is 1. The van der Waals surface area contributed by atoms with Gasteiger partial charge in [0.2, 0.25) is 11.8 Å². The third-order valence-corrected chi connectivity index (χ3v) is 8.99. The smallest absolute Gasteiger partial charge is 0.264 e. The molecule has 2 amide bonds. The molecule has 0 unspecified atom stereocenters. The van der Waals surface area contributed by atoms with Crippen LogP contribution in [0.3, 0.4) is 0 Å². The monoisotopic (exact) mass is 603 g/mol. The Hall–Kier alpha value is -3.07. The summed E-state index contributed by atoms with van der Waals surface area (Å²) in [5.74, 6) is -0.651. The lowest BCUT2D eigenvalue weighted by atomic mass is 10.1. The van der Waals surface area contributed by atoms with E-state index in [4.69, 9.17) is 23.2 Å². The first kappa shape index (κ1) is 31.5. The first-order chi connectivity index (χ1) is 18.9. The molecule has 0 saturated carbocycles. The van der Waals surface area contributed by atoms with E-state index in [1.807, 2.05) is 20.8 Å². The molecule has 214 valence electrons. The van der Waals surface area contributed by atoms with E-state index in [1.54, 1.807) is 61.5 Å². The van der Waals surface area contributed by atoms with Crippen molar-refractivity contribution in [2.24, 2.45) is 5.92 Å². The lowest BCUT2D eigenvalue weighted by Gasteiger charge is -2.33. The second-order valence-electron chi connectivity index (χ2n) is 9.93. The van der Waals surface area contributed by atoms with Crippen LogP contribution in [-0.2, 0) is 26.2 Å². The molecule has 1 N–H and O–H groups in total. The van der Waals surface area contributed by atoms with Gasteiger partial charge in [-0.15, -0.1) is 0 Å². The average Bonchev–Trinajstić information content (AvgIpc) is 2.93. The second kappa shape index (κ2) is 14.0. The molecule has 0 spiro atoms. The van der Waals surface area contributed by atoms with Gasteiger partial charge in [-0.2, -0.15) is 0 Å². The Kier molecular flexibility index (Phi) is 11.0. The molecule has 3 aromatic carbocycles. The van der Waals surface area contributed by atoms with Crippen molar-refractivity contribution in [3.63, 3.8) is 0 Å². The van der Waals surface area contributed by atoms with Gasteiger partial charge < -0.3 is 10.2 Å². The van der Waals surface area contributed by atoms with Crippen LogP contribution in [0.15, 0.2) is 77.7 Å². The summed E-state index contributed by atoms with van der Waals surface area (Å²) < 4.78 is 28.8. The summed E-state index contributed by atoms with van der Waals surface area (Å²) in [4.78, 5) is 28.8. The highest BCUT2D eigenvalue weighted by molar-refractivity contribution is 7.92. The molecule has 40 heavy (non-hydrogen) atoms. The van der Waals surface area contributed by atoms with Crippen LogP contribution in [0.1, 0.15) is 38.3 Å². The third-order valence-electron chi connectivity index (χ3n) is 6.42. The standard InChI is InChI=1S/C30H35Cl2N3O4S/c1-5-28(30(37)33-18-21(2)3)34(19-23-11-9-10-14-26(23)31)29(36)20-35(24-16-15-22(4)27(32)17-24)40(38,39)25-12-7-6-8-13-25/h6-17,21,28H,5,18-20H2,1-4H3,(H,33,37)/t28-/m1/s1. The number of halogens is 2. The predicted octanol–water partition coefficient (Wildman–Crippen LogP) is 6.08. The van der Waals surface area contributed by atoms with Gasteiger partial charge in [-0.3, -0.25) is 13.9 Å². The zero-order valence-electron chi connectivity index (χ0n) is 23.1. The fourth-order valence-corrected chi connectivity index (χ4v) is 5.93. The Bertz CT molecular complexity index is 1430. The number of sulfonamides is 1. The van der Waals surface area contributed by atoms with Gasteiger partial charge >= 0.3 is 0 Å². The van der Waals surface area contributed by atoms with Gasteiger partial charge in [-0.25, -0.2) is 8.42 Å². The number of aryl methyl sites for hydroxylation is 1. The maximum atomic E-state index is 14.1. The van der Waals surface area contributed by atoms with Crippen LogP contribution in [0.4, 0.5) is 5.69 Å². The number of nitrogens with one attached hydrogen (secondary N) is 1. The van der Waals surface area contributed by atoms with E-state index >= 15 is 0 Å². The van der Waals surface area contributed by atoms with Gasteiger partial charge in [-0.05, 0) is 60.7 Å². The minimum atomic E-state index is -4.17.